The Morgan fingerprint density at radius 1 is 0.438 bits per heavy atom. The van der Waals surface area contributed by atoms with Crippen LogP contribution in [-0.4, -0.2) is 0 Å². The summed E-state index contributed by atoms with van der Waals surface area (Å²) in [4.78, 5) is 0. The standard InChI is InChI=1S/C26H20N2O2.2ClH/c27-21-15-22(28)26(30-24-14-6-10-18-8-2-4-12-20(18)24)16-25(21)29-23-13-5-9-17-7-1-3-11-19(17)23;;/h1-16H,27-28H2;2*1H. The van der Waals surface area contributed by atoms with Gasteiger partial charge in [0.05, 0.1) is 11.4 Å². The van der Waals surface area contributed by atoms with E-state index in [2.05, 4.69) is 0 Å². The normalized spacial score (nSPS) is 10.2. The number of benzene rings is 5. The molecule has 32 heavy (non-hydrogen) atoms. The maximum Gasteiger partial charge on any atom is 0.154 e. The zero-order valence-electron chi connectivity index (χ0n) is 17.0. The fourth-order valence-electron chi connectivity index (χ4n) is 3.58. The molecule has 0 radical (unpaired) electrons. The molecule has 0 fully saturated rings. The summed E-state index contributed by atoms with van der Waals surface area (Å²) in [5.74, 6) is 2.44. The van der Waals surface area contributed by atoms with E-state index in [1.807, 2.05) is 84.9 Å². The first-order valence-corrected chi connectivity index (χ1v) is 9.69. The molecule has 0 bridgehead atoms. The fraction of sp³-hybridized carbons (Fsp3) is 0. The second-order valence-corrected chi connectivity index (χ2v) is 7.09. The van der Waals surface area contributed by atoms with E-state index < -0.39 is 0 Å². The van der Waals surface area contributed by atoms with E-state index in [-0.39, 0.29) is 24.8 Å². The van der Waals surface area contributed by atoms with E-state index >= 15 is 0 Å². The molecule has 0 saturated carbocycles. The fourth-order valence-corrected chi connectivity index (χ4v) is 3.58. The number of nitrogens with two attached hydrogens (primary N) is 2. The maximum absolute atomic E-state index is 6.21. The van der Waals surface area contributed by atoms with Crippen molar-refractivity contribution in [3.63, 3.8) is 0 Å². The van der Waals surface area contributed by atoms with Gasteiger partial charge in [-0.25, -0.2) is 0 Å². The van der Waals surface area contributed by atoms with Crippen LogP contribution in [0.25, 0.3) is 21.5 Å². The number of ether oxygens (including phenoxy) is 2. The number of fused-ring (bicyclic) bond motifs is 2. The van der Waals surface area contributed by atoms with Gasteiger partial charge in [-0.2, -0.15) is 0 Å². The van der Waals surface area contributed by atoms with Crippen LogP contribution in [0.4, 0.5) is 11.4 Å². The van der Waals surface area contributed by atoms with Gasteiger partial charge in [0.15, 0.2) is 11.5 Å². The Morgan fingerprint density at radius 3 is 1.31 bits per heavy atom. The molecule has 0 saturated heterocycles. The summed E-state index contributed by atoms with van der Waals surface area (Å²) in [7, 11) is 0. The van der Waals surface area contributed by atoms with Crippen molar-refractivity contribution < 1.29 is 9.47 Å². The van der Waals surface area contributed by atoms with Crippen LogP contribution in [-0.2, 0) is 0 Å². The molecule has 0 aliphatic carbocycles. The van der Waals surface area contributed by atoms with Crippen molar-refractivity contribution in [2.75, 3.05) is 11.5 Å². The molecule has 5 aromatic carbocycles. The monoisotopic (exact) mass is 464 g/mol. The second kappa shape index (κ2) is 9.69. The minimum atomic E-state index is 0. The number of hydrogen-bond donors (Lipinski definition) is 2. The summed E-state index contributed by atoms with van der Waals surface area (Å²) < 4.78 is 12.4. The first-order valence-electron chi connectivity index (χ1n) is 9.69. The smallest absolute Gasteiger partial charge is 0.154 e. The topological polar surface area (TPSA) is 70.5 Å². The van der Waals surface area contributed by atoms with Crippen molar-refractivity contribution in [2.45, 2.75) is 0 Å². The Bertz CT molecular complexity index is 1280. The highest BCUT2D eigenvalue weighted by atomic mass is 35.5. The minimum absolute atomic E-state index is 0. The average molecular weight is 465 g/mol. The van der Waals surface area contributed by atoms with E-state index in [1.54, 1.807) is 12.1 Å². The van der Waals surface area contributed by atoms with Crippen LogP contribution in [0, 0.1) is 0 Å². The third-order valence-electron chi connectivity index (χ3n) is 5.08. The zero-order valence-corrected chi connectivity index (χ0v) is 18.7. The van der Waals surface area contributed by atoms with Gasteiger partial charge in [0.2, 0.25) is 0 Å². The lowest BCUT2D eigenvalue weighted by Crippen LogP contribution is -1.98. The van der Waals surface area contributed by atoms with Gasteiger partial charge in [0.25, 0.3) is 0 Å². The van der Waals surface area contributed by atoms with Crippen LogP contribution in [0.15, 0.2) is 97.1 Å². The number of hydrogen-bond acceptors (Lipinski definition) is 4. The highest BCUT2D eigenvalue weighted by molar-refractivity contribution is 5.90. The van der Waals surface area contributed by atoms with Crippen molar-refractivity contribution >= 4 is 57.7 Å². The summed E-state index contributed by atoms with van der Waals surface area (Å²) in [6, 6.07) is 31.4. The molecule has 5 rings (SSSR count). The largest absolute Gasteiger partial charge is 0.454 e. The molecule has 0 aliphatic rings. The van der Waals surface area contributed by atoms with Gasteiger partial charge in [0.1, 0.15) is 11.5 Å². The molecule has 6 heteroatoms. The summed E-state index contributed by atoms with van der Waals surface area (Å²) in [6.07, 6.45) is 0. The quantitative estimate of drug-likeness (QED) is 0.268. The van der Waals surface area contributed by atoms with Crippen molar-refractivity contribution in [3.05, 3.63) is 97.1 Å². The summed E-state index contributed by atoms with van der Waals surface area (Å²) in [6.45, 7) is 0. The molecule has 0 unspecified atom stereocenters. The molecule has 4 nitrogen and oxygen atoms in total. The SMILES string of the molecule is Cl.Cl.Nc1cc(N)c(Oc2cccc3ccccc23)cc1Oc1cccc2ccccc12. The molecule has 5 aromatic rings. The number of rotatable bonds is 4. The summed E-state index contributed by atoms with van der Waals surface area (Å²) in [5.41, 5.74) is 13.3. The van der Waals surface area contributed by atoms with Crippen LogP contribution in [0.5, 0.6) is 23.0 Å². The Balaban J connectivity index is 0.00000144. The molecule has 162 valence electrons. The van der Waals surface area contributed by atoms with Crippen molar-refractivity contribution in [2.24, 2.45) is 0 Å². The summed E-state index contributed by atoms with van der Waals surface area (Å²) >= 11 is 0. The number of anilines is 2. The number of halogens is 2. The van der Waals surface area contributed by atoms with Crippen molar-refractivity contribution in [3.8, 4) is 23.0 Å². The van der Waals surface area contributed by atoms with Crippen molar-refractivity contribution in [1.29, 1.82) is 0 Å². The Morgan fingerprint density at radius 2 is 0.844 bits per heavy atom. The van der Waals surface area contributed by atoms with E-state index in [4.69, 9.17) is 20.9 Å². The molecular formula is C26H22Cl2N2O2. The number of nitrogen functional groups attached to an aromatic ring is 2. The Kier molecular flexibility index (Phi) is 6.98. The lowest BCUT2D eigenvalue weighted by atomic mass is 10.1. The summed E-state index contributed by atoms with van der Waals surface area (Å²) in [5, 5.41) is 4.20. The third-order valence-corrected chi connectivity index (χ3v) is 5.08. The van der Waals surface area contributed by atoms with Gasteiger partial charge >= 0.3 is 0 Å². The highest BCUT2D eigenvalue weighted by Gasteiger charge is 2.13. The predicted molar refractivity (Wildman–Crippen MR) is 138 cm³/mol. The van der Waals surface area contributed by atoms with Gasteiger partial charge in [-0.3, -0.25) is 0 Å². The van der Waals surface area contributed by atoms with E-state index in [0.717, 1.165) is 33.0 Å². The molecule has 0 aromatic heterocycles. The molecule has 0 heterocycles. The first-order chi connectivity index (χ1) is 14.7. The van der Waals surface area contributed by atoms with Crippen LogP contribution in [0.2, 0.25) is 0 Å². The lowest BCUT2D eigenvalue weighted by Gasteiger charge is -2.15. The maximum atomic E-state index is 6.21. The van der Waals surface area contributed by atoms with Crippen LogP contribution in [0.3, 0.4) is 0 Å². The molecule has 0 amide bonds. The average Bonchev–Trinajstić information content (AvgIpc) is 2.77. The Hall–Kier alpha value is -3.60. The zero-order chi connectivity index (χ0) is 20.5. The first kappa shape index (κ1) is 23.1. The van der Waals surface area contributed by atoms with Gasteiger partial charge in [-0.1, -0.05) is 72.8 Å². The predicted octanol–water partition coefficient (Wildman–Crippen LogP) is 7.59. The third kappa shape index (κ3) is 4.37. The van der Waals surface area contributed by atoms with Gasteiger partial charge in [-0.15, -0.1) is 24.8 Å². The van der Waals surface area contributed by atoms with Crippen molar-refractivity contribution in [1.82, 2.24) is 0 Å². The molecule has 4 N–H and O–H groups in total. The van der Waals surface area contributed by atoms with Crippen LogP contribution >= 0.6 is 24.8 Å². The van der Waals surface area contributed by atoms with E-state index in [1.165, 1.54) is 0 Å². The molecule has 0 spiro atoms. The van der Waals surface area contributed by atoms with Gasteiger partial charge in [0, 0.05) is 16.8 Å². The van der Waals surface area contributed by atoms with Gasteiger partial charge in [-0.05, 0) is 29.0 Å². The van der Waals surface area contributed by atoms with Crippen LogP contribution < -0.4 is 20.9 Å². The molecule has 0 aliphatic heterocycles. The second-order valence-electron chi connectivity index (χ2n) is 7.09. The van der Waals surface area contributed by atoms with Gasteiger partial charge < -0.3 is 20.9 Å². The molecular weight excluding hydrogens is 443 g/mol. The van der Waals surface area contributed by atoms with Crippen LogP contribution in [0.1, 0.15) is 0 Å². The Labute approximate surface area is 198 Å². The highest BCUT2D eigenvalue weighted by Crippen LogP contribution is 2.40. The molecule has 0 atom stereocenters. The lowest BCUT2D eigenvalue weighted by molar-refractivity contribution is 0.469. The van der Waals surface area contributed by atoms with E-state index in [9.17, 15) is 0 Å². The van der Waals surface area contributed by atoms with E-state index in [0.29, 0.717) is 22.9 Å². The minimum Gasteiger partial charge on any atom is -0.454 e.